The zero-order valence-electron chi connectivity index (χ0n) is 10.6. The fourth-order valence-electron chi connectivity index (χ4n) is 1.68. The normalized spacial score (nSPS) is 11.9. The molecule has 1 aromatic carbocycles. The summed E-state index contributed by atoms with van der Waals surface area (Å²) in [7, 11) is 1.82. The predicted molar refractivity (Wildman–Crippen MR) is 73.0 cm³/mol. The van der Waals surface area contributed by atoms with Crippen LogP contribution in [0.15, 0.2) is 30.6 Å². The molecule has 2 aromatic rings. The molecule has 19 heavy (non-hydrogen) atoms. The van der Waals surface area contributed by atoms with Gasteiger partial charge in [0.25, 0.3) is 0 Å². The number of amides is 2. The van der Waals surface area contributed by atoms with Crippen molar-refractivity contribution in [2.24, 2.45) is 7.05 Å². The molecule has 1 aromatic heterocycles. The van der Waals surface area contributed by atoms with Crippen molar-refractivity contribution in [2.75, 3.05) is 5.32 Å². The van der Waals surface area contributed by atoms with Gasteiger partial charge in [0.05, 0.1) is 6.04 Å². The van der Waals surface area contributed by atoms with Gasteiger partial charge in [-0.1, -0.05) is 17.7 Å². The molecule has 1 heterocycles. The maximum atomic E-state index is 11.8. The summed E-state index contributed by atoms with van der Waals surface area (Å²) in [6.45, 7) is 1.83. The lowest BCUT2D eigenvalue weighted by atomic mass is 10.3. The molecule has 0 saturated heterocycles. The first-order chi connectivity index (χ1) is 9.06. The standard InChI is InChI=1S/C12H14ClN5O/c1-8(11-17-14-7-18(11)2)15-12(19)16-10-5-3-4-9(13)6-10/h3-8H,1-2H3,(H2,15,16,19)/t8-/m1/s1. The summed E-state index contributed by atoms with van der Waals surface area (Å²) in [5.74, 6) is 0.682. The van der Waals surface area contributed by atoms with Crippen LogP contribution in [0.1, 0.15) is 18.8 Å². The number of nitrogens with one attached hydrogen (secondary N) is 2. The Hall–Kier alpha value is -2.08. The molecule has 100 valence electrons. The summed E-state index contributed by atoms with van der Waals surface area (Å²) >= 11 is 5.84. The minimum atomic E-state index is -0.322. The summed E-state index contributed by atoms with van der Waals surface area (Å²) in [6.07, 6.45) is 1.59. The Balaban J connectivity index is 1.96. The zero-order valence-corrected chi connectivity index (χ0v) is 11.3. The Morgan fingerprint density at radius 1 is 1.47 bits per heavy atom. The molecule has 0 fully saturated rings. The predicted octanol–water partition coefficient (Wildman–Crippen LogP) is 2.35. The number of hydrogen-bond acceptors (Lipinski definition) is 3. The van der Waals surface area contributed by atoms with Crippen LogP contribution >= 0.6 is 11.6 Å². The van der Waals surface area contributed by atoms with E-state index in [1.165, 1.54) is 0 Å². The monoisotopic (exact) mass is 279 g/mol. The van der Waals surface area contributed by atoms with Gasteiger partial charge in [0.15, 0.2) is 5.82 Å². The molecular weight excluding hydrogens is 266 g/mol. The van der Waals surface area contributed by atoms with Crippen LogP contribution in [0.5, 0.6) is 0 Å². The van der Waals surface area contributed by atoms with Gasteiger partial charge in [-0.15, -0.1) is 10.2 Å². The fourth-order valence-corrected chi connectivity index (χ4v) is 1.87. The van der Waals surface area contributed by atoms with Gasteiger partial charge in [0, 0.05) is 17.8 Å². The molecule has 0 spiro atoms. The van der Waals surface area contributed by atoms with Gasteiger partial charge < -0.3 is 15.2 Å². The fraction of sp³-hybridized carbons (Fsp3) is 0.250. The third-order valence-electron chi connectivity index (χ3n) is 2.56. The van der Waals surface area contributed by atoms with Gasteiger partial charge in [-0.25, -0.2) is 4.79 Å². The first kappa shape index (κ1) is 13.4. The van der Waals surface area contributed by atoms with Crippen molar-refractivity contribution in [2.45, 2.75) is 13.0 Å². The van der Waals surface area contributed by atoms with Gasteiger partial charge in [0.1, 0.15) is 6.33 Å². The van der Waals surface area contributed by atoms with Gasteiger partial charge in [-0.3, -0.25) is 0 Å². The van der Waals surface area contributed by atoms with E-state index in [1.807, 2.05) is 14.0 Å². The lowest BCUT2D eigenvalue weighted by Gasteiger charge is -2.13. The van der Waals surface area contributed by atoms with E-state index in [0.29, 0.717) is 16.5 Å². The van der Waals surface area contributed by atoms with Gasteiger partial charge in [-0.2, -0.15) is 0 Å². The number of halogens is 1. The highest BCUT2D eigenvalue weighted by Crippen LogP contribution is 2.15. The Kier molecular flexibility index (Phi) is 4.01. The molecule has 0 aliphatic carbocycles. The van der Waals surface area contributed by atoms with E-state index in [4.69, 9.17) is 11.6 Å². The van der Waals surface area contributed by atoms with E-state index >= 15 is 0 Å². The molecule has 6 nitrogen and oxygen atoms in total. The van der Waals surface area contributed by atoms with Gasteiger partial charge in [-0.05, 0) is 25.1 Å². The number of aryl methyl sites for hydroxylation is 1. The first-order valence-electron chi connectivity index (χ1n) is 5.73. The number of anilines is 1. The van der Waals surface area contributed by atoms with Gasteiger partial charge >= 0.3 is 6.03 Å². The van der Waals surface area contributed by atoms with Crippen LogP contribution in [0.2, 0.25) is 5.02 Å². The van der Waals surface area contributed by atoms with Crippen LogP contribution < -0.4 is 10.6 Å². The molecule has 2 rings (SSSR count). The summed E-state index contributed by atoms with van der Waals surface area (Å²) < 4.78 is 1.75. The van der Waals surface area contributed by atoms with Crippen molar-refractivity contribution < 1.29 is 4.79 Å². The van der Waals surface area contributed by atoms with Gasteiger partial charge in [0.2, 0.25) is 0 Å². The van der Waals surface area contributed by atoms with E-state index in [1.54, 1.807) is 35.2 Å². The molecule has 7 heteroatoms. The third-order valence-corrected chi connectivity index (χ3v) is 2.80. The number of hydrogen-bond donors (Lipinski definition) is 2. The van der Waals surface area contributed by atoms with Crippen LogP contribution in [0, 0.1) is 0 Å². The zero-order chi connectivity index (χ0) is 13.8. The van der Waals surface area contributed by atoms with Crippen LogP contribution in [0.4, 0.5) is 10.5 Å². The molecule has 0 bridgehead atoms. The van der Waals surface area contributed by atoms with E-state index in [0.717, 1.165) is 0 Å². The molecular formula is C12H14ClN5O. The highest BCUT2D eigenvalue weighted by molar-refractivity contribution is 6.30. The molecule has 0 aliphatic heterocycles. The topological polar surface area (TPSA) is 71.8 Å². The van der Waals surface area contributed by atoms with Crippen molar-refractivity contribution >= 4 is 23.3 Å². The molecule has 1 atom stereocenters. The second kappa shape index (κ2) is 5.71. The maximum absolute atomic E-state index is 11.8. The van der Waals surface area contributed by atoms with E-state index in [-0.39, 0.29) is 12.1 Å². The number of carbonyl (C=O) groups is 1. The highest BCUT2D eigenvalue weighted by atomic mass is 35.5. The van der Waals surface area contributed by atoms with E-state index in [2.05, 4.69) is 20.8 Å². The summed E-state index contributed by atoms with van der Waals surface area (Å²) in [4.78, 5) is 11.8. The Morgan fingerprint density at radius 2 is 2.26 bits per heavy atom. The van der Waals surface area contributed by atoms with Crippen molar-refractivity contribution in [3.05, 3.63) is 41.4 Å². The number of urea groups is 1. The lowest BCUT2D eigenvalue weighted by molar-refractivity contribution is 0.248. The van der Waals surface area contributed by atoms with Crippen molar-refractivity contribution in [1.29, 1.82) is 0 Å². The largest absolute Gasteiger partial charge is 0.328 e. The Bertz CT molecular complexity index is 583. The van der Waals surface area contributed by atoms with Crippen molar-refractivity contribution in [3.8, 4) is 0 Å². The average Bonchev–Trinajstić information content (AvgIpc) is 2.75. The summed E-state index contributed by atoms with van der Waals surface area (Å²) in [5, 5.41) is 13.8. The maximum Gasteiger partial charge on any atom is 0.319 e. The number of rotatable bonds is 3. The second-order valence-electron chi connectivity index (χ2n) is 4.13. The Morgan fingerprint density at radius 3 is 2.89 bits per heavy atom. The summed E-state index contributed by atoms with van der Waals surface area (Å²) in [5.41, 5.74) is 0.634. The number of nitrogens with zero attached hydrogens (tertiary/aromatic N) is 3. The molecule has 0 aliphatic rings. The second-order valence-corrected chi connectivity index (χ2v) is 4.57. The number of aromatic nitrogens is 3. The number of carbonyl (C=O) groups excluding carboxylic acids is 1. The summed E-state index contributed by atoms with van der Waals surface area (Å²) in [6, 6.07) is 6.38. The average molecular weight is 280 g/mol. The molecule has 2 N–H and O–H groups in total. The SMILES string of the molecule is C[C@@H](NC(=O)Nc1cccc(Cl)c1)c1nncn1C. The minimum Gasteiger partial charge on any atom is -0.328 e. The van der Waals surface area contributed by atoms with E-state index in [9.17, 15) is 4.79 Å². The van der Waals surface area contributed by atoms with Crippen LogP contribution in [-0.4, -0.2) is 20.8 Å². The Labute approximate surface area is 115 Å². The first-order valence-corrected chi connectivity index (χ1v) is 6.11. The highest BCUT2D eigenvalue weighted by Gasteiger charge is 2.14. The minimum absolute atomic E-state index is 0.244. The third kappa shape index (κ3) is 3.45. The van der Waals surface area contributed by atoms with Crippen molar-refractivity contribution in [1.82, 2.24) is 20.1 Å². The smallest absolute Gasteiger partial charge is 0.319 e. The molecule has 0 radical (unpaired) electrons. The quantitative estimate of drug-likeness (QED) is 0.906. The van der Waals surface area contributed by atoms with Crippen LogP contribution in [-0.2, 0) is 7.05 Å². The molecule has 2 amide bonds. The lowest BCUT2D eigenvalue weighted by Crippen LogP contribution is -2.32. The molecule has 0 saturated carbocycles. The number of benzene rings is 1. The molecule has 0 unspecified atom stereocenters. The van der Waals surface area contributed by atoms with Crippen molar-refractivity contribution in [3.63, 3.8) is 0 Å². The van der Waals surface area contributed by atoms with E-state index < -0.39 is 0 Å². The van der Waals surface area contributed by atoms with Crippen LogP contribution in [0.25, 0.3) is 0 Å². The van der Waals surface area contributed by atoms with Crippen LogP contribution in [0.3, 0.4) is 0 Å².